The fourth-order valence-corrected chi connectivity index (χ4v) is 3.80. The Bertz CT molecular complexity index is 650. The van der Waals surface area contributed by atoms with E-state index < -0.39 is 0 Å². The number of pyridine rings is 1. The molecule has 21 heavy (non-hydrogen) atoms. The Kier molecular flexibility index (Phi) is 3.20. The molecule has 110 valence electrons. The van der Waals surface area contributed by atoms with E-state index in [1.165, 1.54) is 24.6 Å². The number of hydrogen-bond donors (Lipinski definition) is 1. The molecular formula is C18H22N2O. The molecule has 4 rings (SSSR count). The summed E-state index contributed by atoms with van der Waals surface area (Å²) in [6.07, 6.45) is 5.87. The lowest BCUT2D eigenvalue weighted by Crippen LogP contribution is -2.47. The summed E-state index contributed by atoms with van der Waals surface area (Å²) in [7, 11) is 0. The molecule has 2 fully saturated rings. The standard InChI is InChI=1S/C18H22N2O/c19-17(14-8-11-21-18(12-14)9-3-10-18)16-7-6-13-4-1-2-5-15(13)20-16/h1-2,4-7,14,17H,3,8-12,19H2. The van der Waals surface area contributed by atoms with Crippen LogP contribution in [-0.4, -0.2) is 17.2 Å². The van der Waals surface area contributed by atoms with Crippen molar-refractivity contribution in [2.75, 3.05) is 6.61 Å². The van der Waals surface area contributed by atoms with Crippen molar-refractivity contribution in [2.45, 2.75) is 43.7 Å². The zero-order chi connectivity index (χ0) is 14.3. The summed E-state index contributed by atoms with van der Waals surface area (Å²) in [6.45, 7) is 0.853. The number of fused-ring (bicyclic) bond motifs is 1. The molecule has 3 nitrogen and oxygen atoms in total. The zero-order valence-electron chi connectivity index (χ0n) is 12.3. The summed E-state index contributed by atoms with van der Waals surface area (Å²) in [5.41, 5.74) is 8.75. The van der Waals surface area contributed by atoms with Crippen molar-refractivity contribution in [1.29, 1.82) is 0 Å². The molecule has 2 N–H and O–H groups in total. The van der Waals surface area contributed by atoms with Crippen LogP contribution in [0.25, 0.3) is 10.9 Å². The van der Waals surface area contributed by atoms with Crippen molar-refractivity contribution in [1.82, 2.24) is 4.98 Å². The Balaban J connectivity index is 1.58. The van der Waals surface area contributed by atoms with Crippen molar-refractivity contribution in [3.8, 4) is 0 Å². The first-order chi connectivity index (χ1) is 10.3. The molecule has 2 atom stereocenters. The van der Waals surface area contributed by atoms with E-state index in [2.05, 4.69) is 24.3 Å². The van der Waals surface area contributed by atoms with Crippen molar-refractivity contribution < 1.29 is 4.74 Å². The maximum absolute atomic E-state index is 6.54. The Hall–Kier alpha value is -1.45. The van der Waals surface area contributed by atoms with E-state index in [0.29, 0.717) is 5.92 Å². The summed E-state index contributed by atoms with van der Waals surface area (Å²) in [5, 5.41) is 1.18. The Morgan fingerprint density at radius 3 is 2.86 bits per heavy atom. The van der Waals surface area contributed by atoms with Gasteiger partial charge in [-0.05, 0) is 50.2 Å². The molecule has 1 saturated heterocycles. The fourth-order valence-electron chi connectivity index (χ4n) is 3.80. The number of benzene rings is 1. The van der Waals surface area contributed by atoms with Gasteiger partial charge in [-0.3, -0.25) is 4.98 Å². The Labute approximate surface area is 125 Å². The van der Waals surface area contributed by atoms with Crippen LogP contribution in [0.15, 0.2) is 36.4 Å². The predicted molar refractivity (Wildman–Crippen MR) is 83.9 cm³/mol. The molecule has 0 amide bonds. The first kappa shape index (κ1) is 13.2. The van der Waals surface area contributed by atoms with Gasteiger partial charge >= 0.3 is 0 Å². The molecule has 1 aliphatic carbocycles. The van der Waals surface area contributed by atoms with Crippen molar-refractivity contribution in [2.24, 2.45) is 11.7 Å². The number of hydrogen-bond acceptors (Lipinski definition) is 3. The first-order valence-corrected chi connectivity index (χ1v) is 8.01. The molecule has 2 aromatic rings. The predicted octanol–water partition coefficient (Wildman–Crippen LogP) is 3.58. The van der Waals surface area contributed by atoms with Gasteiger partial charge in [0.25, 0.3) is 0 Å². The lowest BCUT2D eigenvalue weighted by atomic mass is 9.70. The Morgan fingerprint density at radius 1 is 1.19 bits per heavy atom. The van der Waals surface area contributed by atoms with Crippen molar-refractivity contribution in [3.63, 3.8) is 0 Å². The van der Waals surface area contributed by atoms with Gasteiger partial charge in [-0.15, -0.1) is 0 Å². The van der Waals surface area contributed by atoms with Gasteiger partial charge in [0.2, 0.25) is 0 Å². The monoisotopic (exact) mass is 282 g/mol. The number of aromatic nitrogens is 1. The van der Waals surface area contributed by atoms with Gasteiger partial charge in [0, 0.05) is 12.0 Å². The van der Waals surface area contributed by atoms with Gasteiger partial charge in [-0.25, -0.2) is 0 Å². The molecule has 3 heteroatoms. The lowest BCUT2D eigenvalue weighted by Gasteiger charge is -2.48. The molecule has 2 heterocycles. The molecule has 0 radical (unpaired) electrons. The van der Waals surface area contributed by atoms with Gasteiger partial charge in [0.15, 0.2) is 0 Å². The second-order valence-corrected chi connectivity index (χ2v) is 6.59. The normalized spacial score (nSPS) is 25.7. The van der Waals surface area contributed by atoms with E-state index in [9.17, 15) is 0 Å². The average Bonchev–Trinajstić information content (AvgIpc) is 2.52. The average molecular weight is 282 g/mol. The molecule has 1 spiro atoms. The number of rotatable bonds is 2. The number of ether oxygens (including phenoxy) is 1. The topological polar surface area (TPSA) is 48.1 Å². The molecule has 1 aromatic heterocycles. The van der Waals surface area contributed by atoms with E-state index in [-0.39, 0.29) is 11.6 Å². The third-order valence-electron chi connectivity index (χ3n) is 5.27. The number of para-hydroxylation sites is 1. The van der Waals surface area contributed by atoms with E-state index in [4.69, 9.17) is 15.5 Å². The smallest absolute Gasteiger partial charge is 0.0706 e. The van der Waals surface area contributed by atoms with E-state index in [1.807, 2.05) is 12.1 Å². The maximum Gasteiger partial charge on any atom is 0.0706 e. The third kappa shape index (κ3) is 2.34. The lowest BCUT2D eigenvalue weighted by molar-refractivity contribution is -0.146. The maximum atomic E-state index is 6.54. The van der Waals surface area contributed by atoms with Crippen LogP contribution in [-0.2, 0) is 4.74 Å². The first-order valence-electron chi connectivity index (χ1n) is 8.01. The summed E-state index contributed by atoms with van der Waals surface area (Å²) in [6, 6.07) is 12.5. The van der Waals surface area contributed by atoms with Gasteiger partial charge < -0.3 is 10.5 Å². The summed E-state index contributed by atoms with van der Waals surface area (Å²) in [4.78, 5) is 4.78. The number of nitrogens with zero attached hydrogens (tertiary/aromatic N) is 1. The molecule has 2 aliphatic rings. The Morgan fingerprint density at radius 2 is 2.05 bits per heavy atom. The highest BCUT2D eigenvalue weighted by atomic mass is 16.5. The van der Waals surface area contributed by atoms with Crippen LogP contribution < -0.4 is 5.73 Å². The van der Waals surface area contributed by atoms with Crippen molar-refractivity contribution in [3.05, 3.63) is 42.1 Å². The summed E-state index contributed by atoms with van der Waals surface area (Å²) in [5.74, 6) is 0.493. The minimum Gasteiger partial charge on any atom is -0.375 e. The second kappa shape index (κ2) is 5.08. The van der Waals surface area contributed by atoms with Crippen LogP contribution >= 0.6 is 0 Å². The van der Waals surface area contributed by atoms with Crippen LogP contribution in [0.4, 0.5) is 0 Å². The minimum atomic E-state index is 0.0241. The molecule has 1 aromatic carbocycles. The highest BCUT2D eigenvalue weighted by molar-refractivity contribution is 5.78. The second-order valence-electron chi connectivity index (χ2n) is 6.59. The fraction of sp³-hybridized carbons (Fsp3) is 0.500. The van der Waals surface area contributed by atoms with Crippen molar-refractivity contribution >= 4 is 10.9 Å². The van der Waals surface area contributed by atoms with Crippen LogP contribution in [0.2, 0.25) is 0 Å². The largest absolute Gasteiger partial charge is 0.375 e. The van der Waals surface area contributed by atoms with Crippen LogP contribution in [0, 0.1) is 5.92 Å². The summed E-state index contributed by atoms with van der Waals surface area (Å²) >= 11 is 0. The van der Waals surface area contributed by atoms with Crippen LogP contribution in [0.3, 0.4) is 0 Å². The minimum absolute atomic E-state index is 0.0241. The van der Waals surface area contributed by atoms with E-state index in [0.717, 1.165) is 30.7 Å². The molecule has 2 unspecified atom stereocenters. The van der Waals surface area contributed by atoms with Crippen LogP contribution in [0.1, 0.15) is 43.8 Å². The molecule has 1 aliphatic heterocycles. The van der Waals surface area contributed by atoms with Gasteiger partial charge in [0.1, 0.15) is 0 Å². The molecule has 0 bridgehead atoms. The highest BCUT2D eigenvalue weighted by Crippen LogP contribution is 2.46. The van der Waals surface area contributed by atoms with E-state index in [1.54, 1.807) is 0 Å². The molecular weight excluding hydrogens is 260 g/mol. The summed E-state index contributed by atoms with van der Waals surface area (Å²) < 4.78 is 6.01. The SMILES string of the molecule is NC(c1ccc2ccccc2n1)C1CCOC2(CCC2)C1. The van der Waals surface area contributed by atoms with Gasteiger partial charge in [-0.1, -0.05) is 24.3 Å². The van der Waals surface area contributed by atoms with Gasteiger partial charge in [0.05, 0.1) is 22.9 Å². The molecule has 1 saturated carbocycles. The quantitative estimate of drug-likeness (QED) is 0.915. The third-order valence-corrected chi connectivity index (χ3v) is 5.27. The van der Waals surface area contributed by atoms with Crippen LogP contribution in [0.5, 0.6) is 0 Å². The highest BCUT2D eigenvalue weighted by Gasteiger charge is 2.44. The van der Waals surface area contributed by atoms with Gasteiger partial charge in [-0.2, -0.15) is 0 Å². The zero-order valence-corrected chi connectivity index (χ0v) is 12.3. The van der Waals surface area contributed by atoms with E-state index >= 15 is 0 Å². The number of nitrogens with two attached hydrogens (primary N) is 1.